The monoisotopic (exact) mass is 341 g/mol. The average Bonchev–Trinajstić information content (AvgIpc) is 2.45. The maximum absolute atomic E-state index is 14.4. The van der Waals surface area contributed by atoms with E-state index >= 15 is 0 Å². The lowest BCUT2D eigenvalue weighted by Crippen LogP contribution is -2.32. The molecular weight excluding hydrogens is 321 g/mol. The van der Waals surface area contributed by atoms with Crippen LogP contribution in [0.25, 0.3) is 5.57 Å². The summed E-state index contributed by atoms with van der Waals surface area (Å²) in [5, 5.41) is 9.27. The number of nitrogens with zero attached hydrogens (tertiary/aromatic N) is 1. The Balaban J connectivity index is 2.31. The number of hydrogen-bond acceptors (Lipinski definition) is 3. The van der Waals surface area contributed by atoms with Crippen molar-refractivity contribution < 1.29 is 22.7 Å². The van der Waals surface area contributed by atoms with E-state index in [1.807, 2.05) is 13.8 Å². The Labute approximate surface area is 135 Å². The van der Waals surface area contributed by atoms with Crippen molar-refractivity contribution in [1.29, 1.82) is 0 Å². The molecule has 23 heavy (non-hydrogen) atoms. The summed E-state index contributed by atoms with van der Waals surface area (Å²) in [7, 11) is -3.07. The van der Waals surface area contributed by atoms with Crippen molar-refractivity contribution in [2.45, 2.75) is 20.3 Å². The topological polar surface area (TPSA) is 74.7 Å². The highest BCUT2D eigenvalue weighted by atomic mass is 32.2. The number of carbonyl (C=O) groups is 1. The van der Waals surface area contributed by atoms with Crippen molar-refractivity contribution in [1.82, 2.24) is 0 Å². The first-order valence-electron chi connectivity index (χ1n) is 7.39. The third kappa shape index (κ3) is 4.31. The van der Waals surface area contributed by atoms with Gasteiger partial charge in [0, 0.05) is 17.8 Å². The number of sulfone groups is 1. The highest BCUT2D eigenvalue weighted by molar-refractivity contribution is 7.91. The lowest BCUT2D eigenvalue weighted by Gasteiger charge is -2.22. The highest BCUT2D eigenvalue weighted by Crippen LogP contribution is 2.28. The van der Waals surface area contributed by atoms with Crippen molar-refractivity contribution in [2.24, 2.45) is 5.92 Å². The summed E-state index contributed by atoms with van der Waals surface area (Å²) >= 11 is 0. The van der Waals surface area contributed by atoms with Crippen LogP contribution in [-0.4, -0.2) is 37.7 Å². The third-order valence-corrected chi connectivity index (χ3v) is 5.16. The standard InChI is InChI=1S/C16H20FNO4S/c1-11(2)10-18(16(19)20)13-3-4-14(15(17)9-13)12-5-7-23(21,22)8-6-12/h3-5,9,11H,6-8,10H2,1-2H3,(H,19,20). The molecule has 1 aromatic carbocycles. The SMILES string of the molecule is CC(C)CN(C(=O)O)c1ccc(C2=CCS(=O)(=O)CC2)c(F)c1. The van der Waals surface area contributed by atoms with Crippen LogP contribution in [0.4, 0.5) is 14.9 Å². The summed E-state index contributed by atoms with van der Waals surface area (Å²) in [6.07, 6.45) is 0.668. The molecule has 1 N–H and O–H groups in total. The van der Waals surface area contributed by atoms with Gasteiger partial charge in [0.25, 0.3) is 0 Å². The van der Waals surface area contributed by atoms with Gasteiger partial charge in [-0.25, -0.2) is 17.6 Å². The van der Waals surface area contributed by atoms with E-state index in [4.69, 9.17) is 0 Å². The van der Waals surface area contributed by atoms with Crippen LogP contribution in [0.15, 0.2) is 24.3 Å². The lowest BCUT2D eigenvalue weighted by molar-refractivity contribution is 0.201. The Kier molecular flexibility index (Phi) is 5.09. The molecular formula is C16H20FNO4S. The molecule has 1 amide bonds. The Morgan fingerprint density at radius 3 is 2.57 bits per heavy atom. The predicted molar refractivity (Wildman–Crippen MR) is 87.9 cm³/mol. The molecule has 5 nitrogen and oxygen atoms in total. The van der Waals surface area contributed by atoms with Gasteiger partial charge >= 0.3 is 6.09 Å². The molecule has 0 atom stereocenters. The van der Waals surface area contributed by atoms with Gasteiger partial charge in [-0.3, -0.25) is 4.90 Å². The quantitative estimate of drug-likeness (QED) is 0.913. The van der Waals surface area contributed by atoms with Crippen LogP contribution >= 0.6 is 0 Å². The molecule has 1 aliphatic heterocycles. The van der Waals surface area contributed by atoms with Crippen LogP contribution in [0.1, 0.15) is 25.8 Å². The van der Waals surface area contributed by atoms with E-state index in [1.54, 1.807) is 6.07 Å². The summed E-state index contributed by atoms with van der Waals surface area (Å²) in [6.45, 7) is 4.04. The fraction of sp³-hybridized carbons (Fsp3) is 0.438. The van der Waals surface area contributed by atoms with Gasteiger partial charge < -0.3 is 5.11 Å². The summed E-state index contributed by atoms with van der Waals surface area (Å²) in [4.78, 5) is 12.4. The number of rotatable bonds is 4. The summed E-state index contributed by atoms with van der Waals surface area (Å²) < 4.78 is 37.2. The molecule has 1 aromatic rings. The minimum absolute atomic E-state index is 0.00856. The van der Waals surface area contributed by atoms with E-state index < -0.39 is 21.7 Å². The van der Waals surface area contributed by atoms with Crippen molar-refractivity contribution in [3.05, 3.63) is 35.7 Å². The molecule has 0 spiro atoms. The van der Waals surface area contributed by atoms with Gasteiger partial charge in [0.2, 0.25) is 0 Å². The van der Waals surface area contributed by atoms with Crippen molar-refractivity contribution in [2.75, 3.05) is 23.0 Å². The van der Waals surface area contributed by atoms with Crippen molar-refractivity contribution >= 4 is 27.2 Å². The minimum Gasteiger partial charge on any atom is -0.465 e. The van der Waals surface area contributed by atoms with Gasteiger partial charge in [0.05, 0.1) is 11.5 Å². The Hall–Kier alpha value is -1.89. The van der Waals surface area contributed by atoms with Crippen LogP contribution in [0.2, 0.25) is 0 Å². The first-order chi connectivity index (χ1) is 10.7. The molecule has 126 valence electrons. The zero-order valence-electron chi connectivity index (χ0n) is 13.1. The maximum atomic E-state index is 14.4. The Morgan fingerprint density at radius 2 is 2.09 bits per heavy atom. The highest BCUT2D eigenvalue weighted by Gasteiger charge is 2.21. The molecule has 7 heteroatoms. The second kappa shape index (κ2) is 6.70. The summed E-state index contributed by atoms with van der Waals surface area (Å²) in [6, 6.07) is 4.26. The molecule has 0 radical (unpaired) electrons. The molecule has 0 unspecified atom stereocenters. The number of amides is 1. The van der Waals surface area contributed by atoms with Crippen molar-refractivity contribution in [3.8, 4) is 0 Å². The van der Waals surface area contributed by atoms with Crippen LogP contribution < -0.4 is 4.90 Å². The second-order valence-corrected chi connectivity index (χ2v) is 8.27. The van der Waals surface area contributed by atoms with Gasteiger partial charge in [-0.2, -0.15) is 0 Å². The number of allylic oxidation sites excluding steroid dienone is 1. The van der Waals surface area contributed by atoms with E-state index in [-0.39, 0.29) is 36.1 Å². The lowest BCUT2D eigenvalue weighted by atomic mass is 10.0. The van der Waals surface area contributed by atoms with Gasteiger partial charge in [0.1, 0.15) is 5.82 Å². The number of anilines is 1. The van der Waals surface area contributed by atoms with Gasteiger partial charge in [-0.05, 0) is 36.1 Å². The molecule has 0 aromatic heterocycles. The predicted octanol–water partition coefficient (Wildman–Crippen LogP) is 3.17. The van der Waals surface area contributed by atoms with E-state index in [2.05, 4.69) is 0 Å². The zero-order chi connectivity index (χ0) is 17.2. The number of benzene rings is 1. The maximum Gasteiger partial charge on any atom is 0.411 e. The molecule has 0 saturated carbocycles. The van der Waals surface area contributed by atoms with Crippen LogP contribution in [0.3, 0.4) is 0 Å². The minimum atomic E-state index is -3.07. The van der Waals surface area contributed by atoms with E-state index in [1.165, 1.54) is 18.2 Å². The number of halogens is 1. The van der Waals surface area contributed by atoms with Crippen LogP contribution in [0.5, 0.6) is 0 Å². The Morgan fingerprint density at radius 1 is 1.39 bits per heavy atom. The van der Waals surface area contributed by atoms with Crippen LogP contribution in [0, 0.1) is 11.7 Å². The average molecular weight is 341 g/mol. The smallest absolute Gasteiger partial charge is 0.411 e. The summed E-state index contributed by atoms with van der Waals surface area (Å²) in [5.74, 6) is -0.504. The first kappa shape index (κ1) is 17.5. The van der Waals surface area contributed by atoms with Gasteiger partial charge in [-0.1, -0.05) is 19.9 Å². The van der Waals surface area contributed by atoms with Crippen molar-refractivity contribution in [3.63, 3.8) is 0 Å². The molecule has 0 aliphatic carbocycles. The van der Waals surface area contributed by atoms with Gasteiger partial charge in [-0.15, -0.1) is 0 Å². The molecule has 1 aliphatic rings. The normalized spacial score (nSPS) is 17.0. The summed E-state index contributed by atoms with van der Waals surface area (Å²) in [5.41, 5.74) is 1.25. The largest absolute Gasteiger partial charge is 0.465 e. The molecule has 0 bridgehead atoms. The fourth-order valence-corrected chi connectivity index (χ4v) is 3.67. The first-order valence-corrected chi connectivity index (χ1v) is 9.21. The van der Waals surface area contributed by atoms with Gasteiger partial charge in [0.15, 0.2) is 9.84 Å². The fourth-order valence-electron chi connectivity index (χ4n) is 2.51. The zero-order valence-corrected chi connectivity index (χ0v) is 13.9. The molecule has 1 heterocycles. The van der Waals surface area contributed by atoms with E-state index in [0.717, 1.165) is 4.90 Å². The Bertz CT molecular complexity index is 740. The third-order valence-electron chi connectivity index (χ3n) is 3.65. The number of hydrogen-bond donors (Lipinski definition) is 1. The number of carboxylic acid groups (broad SMARTS) is 1. The second-order valence-electron chi connectivity index (χ2n) is 6.04. The van der Waals surface area contributed by atoms with E-state index in [0.29, 0.717) is 11.1 Å². The molecule has 0 saturated heterocycles. The van der Waals surface area contributed by atoms with E-state index in [9.17, 15) is 22.7 Å². The molecule has 2 rings (SSSR count). The van der Waals surface area contributed by atoms with Crippen LogP contribution in [-0.2, 0) is 9.84 Å². The molecule has 0 fully saturated rings.